The molecule has 0 atom stereocenters. The van der Waals surface area contributed by atoms with E-state index >= 15 is 0 Å². The third-order valence-electron chi connectivity index (χ3n) is 1.04. The molecule has 0 aliphatic heterocycles. The minimum atomic E-state index is -0.678. The molecule has 6 heteroatoms. The van der Waals surface area contributed by atoms with Gasteiger partial charge in [-0.2, -0.15) is 5.26 Å². The molecule has 0 bridgehead atoms. The lowest BCUT2D eigenvalue weighted by Crippen LogP contribution is -2.16. The average molecular weight is 183 g/mol. The molecule has 0 radical (unpaired) electrons. The van der Waals surface area contributed by atoms with E-state index in [-0.39, 0.29) is 12.8 Å². The molecule has 0 spiro atoms. The molecule has 1 amide bonds. The van der Waals surface area contributed by atoms with Crippen LogP contribution in [0.1, 0.15) is 12.8 Å². The van der Waals surface area contributed by atoms with E-state index in [4.69, 9.17) is 5.26 Å². The maximum Gasteiger partial charge on any atom is 0.433 e. The molecular weight excluding hydrogens is 174 g/mol. The molecule has 6 nitrogen and oxygen atoms in total. The van der Waals surface area contributed by atoms with Gasteiger partial charge in [-0.1, -0.05) is 5.16 Å². The van der Waals surface area contributed by atoms with Crippen molar-refractivity contribution in [2.75, 3.05) is 7.05 Å². The van der Waals surface area contributed by atoms with Crippen LogP contribution in [0.2, 0.25) is 0 Å². The number of nitrogens with one attached hydrogen (secondary N) is 1. The number of oxime groups is 1. The number of hydrogen-bond donors (Lipinski definition) is 1. The summed E-state index contributed by atoms with van der Waals surface area (Å²) < 4.78 is 0. The third kappa shape index (κ3) is 6.50. The first-order chi connectivity index (χ1) is 6.20. The van der Waals surface area contributed by atoms with Crippen LogP contribution in [0.25, 0.3) is 0 Å². The maximum absolute atomic E-state index is 10.4. The topological polar surface area (TPSA) is 91.5 Å². The Labute approximate surface area is 75.2 Å². The number of hydrogen-bond acceptors (Lipinski definition) is 5. The van der Waals surface area contributed by atoms with E-state index in [1.165, 1.54) is 19.3 Å². The second-order valence-electron chi connectivity index (χ2n) is 1.99. The molecule has 0 aromatic carbocycles. The third-order valence-corrected chi connectivity index (χ3v) is 1.04. The van der Waals surface area contributed by atoms with Crippen LogP contribution in [0.4, 0.5) is 4.79 Å². The van der Waals surface area contributed by atoms with Crippen molar-refractivity contribution in [3.63, 3.8) is 0 Å². The van der Waals surface area contributed by atoms with Crippen LogP contribution in [-0.4, -0.2) is 25.1 Å². The van der Waals surface area contributed by atoms with Gasteiger partial charge < -0.3 is 5.32 Å². The summed E-state index contributed by atoms with van der Waals surface area (Å²) in [6, 6.07) is 1.46. The van der Waals surface area contributed by atoms with Crippen LogP contribution in [0.15, 0.2) is 5.16 Å². The van der Waals surface area contributed by atoms with E-state index in [0.29, 0.717) is 0 Å². The highest BCUT2D eigenvalue weighted by Gasteiger charge is 1.96. The van der Waals surface area contributed by atoms with Gasteiger partial charge in [0, 0.05) is 19.7 Å². The second kappa shape index (κ2) is 6.79. The van der Waals surface area contributed by atoms with Crippen molar-refractivity contribution >= 4 is 18.1 Å². The smallest absolute Gasteiger partial charge is 0.323 e. The molecule has 0 saturated heterocycles. The lowest BCUT2D eigenvalue weighted by Gasteiger charge is -1.92. The fourth-order valence-corrected chi connectivity index (χ4v) is 0.435. The fourth-order valence-electron chi connectivity index (χ4n) is 0.435. The van der Waals surface area contributed by atoms with Crippen LogP contribution >= 0.6 is 0 Å². The van der Waals surface area contributed by atoms with Crippen LogP contribution in [0.3, 0.4) is 0 Å². The minimum absolute atomic E-state index is 0.0805. The first-order valence-corrected chi connectivity index (χ1v) is 3.54. The van der Waals surface area contributed by atoms with E-state index in [1.807, 2.05) is 0 Å². The molecule has 0 saturated carbocycles. The Morgan fingerprint density at radius 2 is 2.38 bits per heavy atom. The maximum atomic E-state index is 10.4. The Morgan fingerprint density at radius 1 is 1.69 bits per heavy atom. The summed E-state index contributed by atoms with van der Waals surface area (Å²) in [7, 11) is 1.40. The summed E-state index contributed by atoms with van der Waals surface area (Å²) in [5.74, 6) is -0.522. The summed E-state index contributed by atoms with van der Waals surface area (Å²) in [5, 5.41) is 13.5. The molecule has 70 valence electrons. The van der Waals surface area contributed by atoms with E-state index in [9.17, 15) is 9.59 Å². The zero-order chi connectivity index (χ0) is 10.1. The van der Waals surface area contributed by atoms with Gasteiger partial charge in [-0.15, -0.1) is 0 Å². The molecule has 0 heterocycles. The Balaban J connectivity index is 3.49. The Morgan fingerprint density at radius 3 is 2.92 bits per heavy atom. The predicted octanol–water partition coefficient (Wildman–Crippen LogP) is 0.201. The van der Waals surface area contributed by atoms with Gasteiger partial charge in [0.05, 0.1) is 0 Å². The second-order valence-corrected chi connectivity index (χ2v) is 1.99. The number of nitriles is 1. The molecule has 13 heavy (non-hydrogen) atoms. The van der Waals surface area contributed by atoms with Crippen molar-refractivity contribution < 1.29 is 14.4 Å². The largest absolute Gasteiger partial charge is 0.433 e. The van der Waals surface area contributed by atoms with Crippen molar-refractivity contribution in [2.45, 2.75) is 12.8 Å². The molecule has 0 unspecified atom stereocenters. The van der Waals surface area contributed by atoms with Gasteiger partial charge in [0.15, 0.2) is 0 Å². The van der Waals surface area contributed by atoms with E-state index in [0.717, 1.165) is 0 Å². The molecule has 0 aromatic heterocycles. The van der Waals surface area contributed by atoms with E-state index in [2.05, 4.69) is 15.3 Å². The number of Topliss-reactive ketones (excluding diaryl/α,β-unsaturated/α-hetero) is 1. The quantitative estimate of drug-likeness (QED) is 0.291. The summed E-state index contributed by atoms with van der Waals surface area (Å²) in [4.78, 5) is 25.1. The average Bonchev–Trinajstić information content (AvgIpc) is 2.16. The normalized spacial score (nSPS) is 9.23. The van der Waals surface area contributed by atoms with Crippen LogP contribution in [0.5, 0.6) is 0 Å². The Hall–Kier alpha value is -1.90. The summed E-state index contributed by atoms with van der Waals surface area (Å²) in [5.41, 5.74) is 0. The SMILES string of the molecule is CNC(=O)ON=CCCC(=O)C#N. The van der Waals surface area contributed by atoms with Gasteiger partial charge >= 0.3 is 6.09 Å². The standard InChI is InChI=1S/C7H9N3O3/c1-9-7(12)13-10-4-2-3-6(11)5-8/h4H,2-3H2,1H3,(H,9,12). The number of rotatable bonds is 4. The predicted molar refractivity (Wildman–Crippen MR) is 43.9 cm³/mol. The summed E-state index contributed by atoms with van der Waals surface area (Å²) >= 11 is 0. The monoisotopic (exact) mass is 183 g/mol. The molecule has 0 rings (SSSR count). The van der Waals surface area contributed by atoms with Crippen molar-refractivity contribution in [3.05, 3.63) is 0 Å². The van der Waals surface area contributed by atoms with E-state index in [1.54, 1.807) is 0 Å². The van der Waals surface area contributed by atoms with Gasteiger partial charge in [-0.25, -0.2) is 4.79 Å². The summed E-state index contributed by atoms with van der Waals surface area (Å²) in [6.45, 7) is 0. The van der Waals surface area contributed by atoms with Gasteiger partial charge in [0.2, 0.25) is 5.78 Å². The Bertz CT molecular complexity index is 254. The highest BCUT2D eigenvalue weighted by molar-refractivity contribution is 5.94. The lowest BCUT2D eigenvalue weighted by atomic mass is 10.2. The number of nitrogens with zero attached hydrogens (tertiary/aromatic N) is 2. The van der Waals surface area contributed by atoms with Crippen LogP contribution in [-0.2, 0) is 9.63 Å². The van der Waals surface area contributed by atoms with Crippen molar-refractivity contribution in [2.24, 2.45) is 5.16 Å². The molecule has 0 aliphatic rings. The van der Waals surface area contributed by atoms with Gasteiger partial charge in [-0.3, -0.25) is 9.63 Å². The molecule has 0 fully saturated rings. The van der Waals surface area contributed by atoms with Gasteiger partial charge in [-0.05, 0) is 6.42 Å². The first kappa shape index (κ1) is 11.1. The number of ketones is 1. The van der Waals surface area contributed by atoms with Crippen LogP contribution < -0.4 is 5.32 Å². The summed E-state index contributed by atoms with van der Waals surface area (Å²) in [6.07, 6.45) is 0.938. The zero-order valence-electron chi connectivity index (χ0n) is 7.11. The Kier molecular flexibility index (Phi) is 5.80. The minimum Gasteiger partial charge on any atom is -0.323 e. The highest BCUT2D eigenvalue weighted by Crippen LogP contribution is 1.87. The number of carbonyl (C=O) groups is 2. The number of amides is 1. The lowest BCUT2D eigenvalue weighted by molar-refractivity contribution is -0.113. The molecule has 0 aromatic rings. The fraction of sp³-hybridized carbons (Fsp3) is 0.429. The molecule has 0 aliphatic carbocycles. The van der Waals surface area contributed by atoms with Crippen molar-refractivity contribution in [3.8, 4) is 6.07 Å². The van der Waals surface area contributed by atoms with E-state index < -0.39 is 11.9 Å². The number of carbonyl (C=O) groups excluding carboxylic acids is 2. The van der Waals surface area contributed by atoms with Crippen molar-refractivity contribution in [1.82, 2.24) is 5.32 Å². The van der Waals surface area contributed by atoms with Crippen molar-refractivity contribution in [1.29, 1.82) is 5.26 Å². The first-order valence-electron chi connectivity index (χ1n) is 3.54. The van der Waals surface area contributed by atoms with Gasteiger partial charge in [0.1, 0.15) is 6.07 Å². The van der Waals surface area contributed by atoms with Gasteiger partial charge in [0.25, 0.3) is 0 Å². The molecular formula is C7H9N3O3. The molecule has 1 N–H and O–H groups in total. The van der Waals surface area contributed by atoms with Crippen LogP contribution in [0, 0.1) is 11.3 Å². The highest BCUT2D eigenvalue weighted by atomic mass is 16.7. The zero-order valence-corrected chi connectivity index (χ0v) is 7.11.